The van der Waals surface area contributed by atoms with E-state index in [1.54, 1.807) is 0 Å². The molecule has 4 nitrogen and oxygen atoms in total. The summed E-state index contributed by atoms with van der Waals surface area (Å²) in [5, 5.41) is 0. The van der Waals surface area contributed by atoms with E-state index in [-0.39, 0.29) is 17.2 Å². The summed E-state index contributed by atoms with van der Waals surface area (Å²) in [6.07, 6.45) is 9.24. The molecule has 3 fully saturated rings. The SMILES string of the molecule is O=C(CC1(CC(=O)N2CCC2)CCCCC1)N1CCC1. The van der Waals surface area contributed by atoms with Crippen molar-refractivity contribution in [2.75, 3.05) is 26.2 Å². The van der Waals surface area contributed by atoms with Crippen LogP contribution in [0.3, 0.4) is 0 Å². The van der Waals surface area contributed by atoms with E-state index in [0.29, 0.717) is 12.8 Å². The van der Waals surface area contributed by atoms with Gasteiger partial charge in [-0.1, -0.05) is 19.3 Å². The van der Waals surface area contributed by atoms with Crippen LogP contribution in [0.15, 0.2) is 0 Å². The van der Waals surface area contributed by atoms with Crippen molar-refractivity contribution in [1.29, 1.82) is 0 Å². The number of nitrogens with zero attached hydrogens (tertiary/aromatic N) is 2. The minimum atomic E-state index is -0.0302. The topological polar surface area (TPSA) is 40.6 Å². The number of hydrogen-bond acceptors (Lipinski definition) is 2. The second kappa shape index (κ2) is 5.74. The first kappa shape index (κ1) is 13.9. The molecule has 20 heavy (non-hydrogen) atoms. The highest BCUT2D eigenvalue weighted by Gasteiger charge is 2.39. The first-order valence-corrected chi connectivity index (χ1v) is 8.24. The van der Waals surface area contributed by atoms with Gasteiger partial charge in [0.1, 0.15) is 0 Å². The van der Waals surface area contributed by atoms with Crippen molar-refractivity contribution in [3.8, 4) is 0 Å². The Hall–Kier alpha value is -1.06. The minimum Gasteiger partial charge on any atom is -0.343 e. The van der Waals surface area contributed by atoms with Crippen LogP contribution >= 0.6 is 0 Å². The maximum absolute atomic E-state index is 12.3. The molecule has 0 bridgehead atoms. The molecule has 3 aliphatic rings. The number of carbonyl (C=O) groups excluding carboxylic acids is 2. The quantitative estimate of drug-likeness (QED) is 0.791. The van der Waals surface area contributed by atoms with Crippen LogP contribution in [-0.2, 0) is 9.59 Å². The van der Waals surface area contributed by atoms with Crippen molar-refractivity contribution in [2.45, 2.75) is 57.8 Å². The van der Waals surface area contributed by atoms with E-state index in [0.717, 1.165) is 51.9 Å². The molecule has 1 aliphatic carbocycles. The first-order valence-electron chi connectivity index (χ1n) is 8.24. The molecule has 0 spiro atoms. The second-order valence-electron chi connectivity index (χ2n) is 6.88. The van der Waals surface area contributed by atoms with Crippen LogP contribution < -0.4 is 0 Å². The molecule has 0 aromatic carbocycles. The van der Waals surface area contributed by atoms with Gasteiger partial charge in [0, 0.05) is 39.0 Å². The normalized spacial score (nSPS) is 24.8. The Morgan fingerprint density at radius 1 is 0.700 bits per heavy atom. The van der Waals surface area contributed by atoms with Crippen molar-refractivity contribution >= 4 is 11.8 Å². The standard InChI is InChI=1S/C16H26N2O2/c19-14(17-8-4-9-17)12-16(6-2-1-3-7-16)13-15(20)18-10-5-11-18/h1-13H2. The maximum Gasteiger partial charge on any atom is 0.223 e. The highest BCUT2D eigenvalue weighted by Crippen LogP contribution is 2.43. The summed E-state index contributed by atoms with van der Waals surface area (Å²) >= 11 is 0. The lowest BCUT2D eigenvalue weighted by molar-refractivity contribution is -0.142. The molecule has 112 valence electrons. The average molecular weight is 278 g/mol. The van der Waals surface area contributed by atoms with Gasteiger partial charge in [-0.3, -0.25) is 9.59 Å². The molecule has 0 unspecified atom stereocenters. The third-order valence-corrected chi connectivity index (χ3v) is 5.38. The second-order valence-corrected chi connectivity index (χ2v) is 6.88. The van der Waals surface area contributed by atoms with Crippen molar-refractivity contribution in [2.24, 2.45) is 5.41 Å². The molecule has 2 aliphatic heterocycles. The van der Waals surface area contributed by atoms with Gasteiger partial charge in [-0.25, -0.2) is 0 Å². The Kier molecular flexibility index (Phi) is 3.99. The summed E-state index contributed by atoms with van der Waals surface area (Å²) in [4.78, 5) is 28.6. The molecule has 2 amide bonds. The van der Waals surface area contributed by atoms with Crippen molar-refractivity contribution in [1.82, 2.24) is 9.80 Å². The van der Waals surface area contributed by atoms with Crippen LogP contribution in [-0.4, -0.2) is 47.8 Å². The molecule has 2 heterocycles. The fraction of sp³-hybridized carbons (Fsp3) is 0.875. The molecule has 3 rings (SSSR count). The third-order valence-electron chi connectivity index (χ3n) is 5.38. The van der Waals surface area contributed by atoms with Gasteiger partial charge in [-0.15, -0.1) is 0 Å². The van der Waals surface area contributed by atoms with Crippen LogP contribution in [0.5, 0.6) is 0 Å². The van der Waals surface area contributed by atoms with Crippen molar-refractivity contribution < 1.29 is 9.59 Å². The van der Waals surface area contributed by atoms with E-state index in [1.807, 2.05) is 9.80 Å². The maximum atomic E-state index is 12.3. The van der Waals surface area contributed by atoms with Gasteiger partial charge in [0.05, 0.1) is 0 Å². The predicted molar refractivity (Wildman–Crippen MR) is 77.1 cm³/mol. The summed E-state index contributed by atoms with van der Waals surface area (Å²) in [7, 11) is 0. The minimum absolute atomic E-state index is 0.0302. The smallest absolute Gasteiger partial charge is 0.223 e. The molecule has 0 aromatic rings. The number of rotatable bonds is 4. The van der Waals surface area contributed by atoms with Crippen molar-refractivity contribution in [3.05, 3.63) is 0 Å². The van der Waals surface area contributed by atoms with Gasteiger partial charge in [0.25, 0.3) is 0 Å². The Labute approximate surface area is 121 Å². The Morgan fingerprint density at radius 3 is 1.50 bits per heavy atom. The van der Waals surface area contributed by atoms with E-state index in [2.05, 4.69) is 0 Å². The van der Waals surface area contributed by atoms with Crippen LogP contribution in [0.1, 0.15) is 57.8 Å². The zero-order valence-electron chi connectivity index (χ0n) is 12.4. The molecule has 2 saturated heterocycles. The molecular weight excluding hydrogens is 252 g/mol. The molecular formula is C16H26N2O2. The van der Waals surface area contributed by atoms with E-state index in [1.165, 1.54) is 19.3 Å². The summed E-state index contributed by atoms with van der Waals surface area (Å²) in [6, 6.07) is 0. The van der Waals surface area contributed by atoms with Gasteiger partial charge >= 0.3 is 0 Å². The lowest BCUT2D eigenvalue weighted by Crippen LogP contribution is -2.47. The van der Waals surface area contributed by atoms with E-state index >= 15 is 0 Å². The van der Waals surface area contributed by atoms with Crippen LogP contribution in [0, 0.1) is 5.41 Å². The van der Waals surface area contributed by atoms with Gasteiger partial charge in [0.2, 0.25) is 11.8 Å². The fourth-order valence-electron chi connectivity index (χ4n) is 3.71. The highest BCUT2D eigenvalue weighted by molar-refractivity contribution is 5.81. The van der Waals surface area contributed by atoms with Crippen LogP contribution in [0.4, 0.5) is 0 Å². The number of likely N-dealkylation sites (tertiary alicyclic amines) is 2. The van der Waals surface area contributed by atoms with E-state index in [9.17, 15) is 9.59 Å². The summed E-state index contributed by atoms with van der Waals surface area (Å²) in [5.74, 6) is 0.573. The lowest BCUT2D eigenvalue weighted by Gasteiger charge is -2.42. The van der Waals surface area contributed by atoms with Gasteiger partial charge in [-0.05, 0) is 31.1 Å². The summed E-state index contributed by atoms with van der Waals surface area (Å²) in [5.41, 5.74) is -0.0302. The third kappa shape index (κ3) is 2.84. The van der Waals surface area contributed by atoms with Gasteiger partial charge in [-0.2, -0.15) is 0 Å². The Morgan fingerprint density at radius 2 is 1.15 bits per heavy atom. The molecule has 0 N–H and O–H groups in total. The van der Waals surface area contributed by atoms with Crippen LogP contribution in [0.2, 0.25) is 0 Å². The molecule has 4 heteroatoms. The van der Waals surface area contributed by atoms with Gasteiger partial charge in [0.15, 0.2) is 0 Å². The van der Waals surface area contributed by atoms with Gasteiger partial charge < -0.3 is 9.80 Å². The highest BCUT2D eigenvalue weighted by atomic mass is 16.2. The number of carbonyl (C=O) groups is 2. The van der Waals surface area contributed by atoms with Crippen molar-refractivity contribution in [3.63, 3.8) is 0 Å². The molecule has 0 radical (unpaired) electrons. The number of hydrogen-bond donors (Lipinski definition) is 0. The number of amides is 2. The van der Waals surface area contributed by atoms with E-state index < -0.39 is 0 Å². The summed E-state index contributed by atoms with van der Waals surface area (Å²) < 4.78 is 0. The zero-order chi connectivity index (χ0) is 14.0. The lowest BCUT2D eigenvalue weighted by atomic mass is 9.69. The molecule has 0 atom stereocenters. The Balaban J connectivity index is 1.63. The molecule has 1 saturated carbocycles. The predicted octanol–water partition coefficient (Wildman–Crippen LogP) is 2.18. The average Bonchev–Trinajstić information content (AvgIpc) is 2.24. The summed E-state index contributed by atoms with van der Waals surface area (Å²) in [6.45, 7) is 3.70. The largest absolute Gasteiger partial charge is 0.343 e. The zero-order valence-corrected chi connectivity index (χ0v) is 12.4. The Bertz CT molecular complexity index is 350. The molecule has 0 aromatic heterocycles. The van der Waals surface area contributed by atoms with Crippen LogP contribution in [0.25, 0.3) is 0 Å². The first-order chi connectivity index (χ1) is 9.69. The monoisotopic (exact) mass is 278 g/mol. The fourth-order valence-corrected chi connectivity index (χ4v) is 3.71. The van der Waals surface area contributed by atoms with E-state index in [4.69, 9.17) is 0 Å².